The molecule has 1 aromatic heterocycles. The first-order chi connectivity index (χ1) is 10.6. The molecule has 1 unspecified atom stereocenters. The molecule has 2 aromatic rings. The van der Waals surface area contributed by atoms with Crippen LogP contribution in [-0.4, -0.2) is 29.6 Å². The van der Waals surface area contributed by atoms with Crippen LogP contribution in [0.5, 0.6) is 0 Å². The molecule has 2 amide bonds. The van der Waals surface area contributed by atoms with E-state index in [-0.39, 0.29) is 13.1 Å². The van der Waals surface area contributed by atoms with E-state index < -0.39 is 17.9 Å². The van der Waals surface area contributed by atoms with Gasteiger partial charge in [0.2, 0.25) is 0 Å². The third kappa shape index (κ3) is 5.06. The van der Waals surface area contributed by atoms with E-state index in [4.69, 9.17) is 4.42 Å². The fourth-order valence-electron chi connectivity index (χ4n) is 1.91. The Balaban J connectivity index is 1.69. The van der Waals surface area contributed by atoms with Gasteiger partial charge in [0.05, 0.1) is 18.9 Å². The normalized spacial score (nSPS) is 11.7. The van der Waals surface area contributed by atoms with Crippen LogP contribution in [0.4, 0.5) is 0 Å². The third-order valence-electron chi connectivity index (χ3n) is 3.02. The summed E-state index contributed by atoms with van der Waals surface area (Å²) >= 11 is 0. The number of amides is 2. The number of rotatable bonds is 6. The molecule has 6 heteroatoms. The Bertz CT molecular complexity index is 596. The van der Waals surface area contributed by atoms with Crippen LogP contribution in [0.3, 0.4) is 0 Å². The first kappa shape index (κ1) is 15.8. The number of hydrogen-bond acceptors (Lipinski definition) is 4. The lowest BCUT2D eigenvalue weighted by Crippen LogP contribution is -2.42. The topological polar surface area (TPSA) is 91.6 Å². The summed E-state index contributed by atoms with van der Waals surface area (Å²) in [6, 6.07) is 12.8. The maximum Gasteiger partial charge on any atom is 0.309 e. The number of aliphatic hydroxyl groups excluding tert-OH is 1. The second-order valence-corrected chi connectivity index (χ2v) is 4.82. The molecule has 1 atom stereocenters. The average molecular weight is 302 g/mol. The smallest absolute Gasteiger partial charge is 0.309 e. The second kappa shape index (κ2) is 7.99. The van der Waals surface area contributed by atoms with Crippen molar-refractivity contribution in [2.75, 3.05) is 6.54 Å². The van der Waals surface area contributed by atoms with Gasteiger partial charge in [0.15, 0.2) is 0 Å². The molecular weight excluding hydrogens is 284 g/mol. The lowest BCUT2D eigenvalue weighted by Gasteiger charge is -2.11. The second-order valence-electron chi connectivity index (χ2n) is 4.82. The number of furan rings is 1. The summed E-state index contributed by atoms with van der Waals surface area (Å²) in [6.07, 6.45) is 1.15. The zero-order chi connectivity index (χ0) is 15.8. The number of carbonyl (C=O) groups excluding carboxylic acids is 2. The van der Waals surface area contributed by atoms with Gasteiger partial charge in [-0.1, -0.05) is 30.3 Å². The van der Waals surface area contributed by atoms with Crippen molar-refractivity contribution in [3.63, 3.8) is 0 Å². The summed E-state index contributed by atoms with van der Waals surface area (Å²) in [5.74, 6) is -0.979. The summed E-state index contributed by atoms with van der Waals surface area (Å²) in [7, 11) is 0. The van der Waals surface area contributed by atoms with Gasteiger partial charge in [0, 0.05) is 13.0 Å². The van der Waals surface area contributed by atoms with Crippen LogP contribution < -0.4 is 10.6 Å². The van der Waals surface area contributed by atoms with Crippen molar-refractivity contribution < 1.29 is 19.1 Å². The maximum atomic E-state index is 11.6. The van der Waals surface area contributed by atoms with Crippen molar-refractivity contribution >= 4 is 11.8 Å². The number of carbonyl (C=O) groups is 2. The predicted molar refractivity (Wildman–Crippen MR) is 79.7 cm³/mol. The molecule has 0 aliphatic rings. The predicted octanol–water partition coefficient (Wildman–Crippen LogP) is 0.616. The Morgan fingerprint density at radius 3 is 2.45 bits per heavy atom. The molecule has 0 saturated carbocycles. The highest BCUT2D eigenvalue weighted by Crippen LogP contribution is 2.02. The Kier molecular flexibility index (Phi) is 5.73. The summed E-state index contributed by atoms with van der Waals surface area (Å²) in [6.45, 7) is 0.160. The van der Waals surface area contributed by atoms with Gasteiger partial charge in [-0.05, 0) is 17.7 Å². The zero-order valence-electron chi connectivity index (χ0n) is 12.0. The van der Waals surface area contributed by atoms with E-state index in [1.165, 1.54) is 6.26 Å². The molecule has 0 radical (unpaired) electrons. The van der Waals surface area contributed by atoms with Gasteiger partial charge < -0.3 is 20.2 Å². The molecule has 2 rings (SSSR count). The number of nitrogens with one attached hydrogen (secondary N) is 2. The van der Waals surface area contributed by atoms with Crippen LogP contribution in [0, 0.1) is 0 Å². The lowest BCUT2D eigenvalue weighted by atomic mass is 10.1. The summed E-state index contributed by atoms with van der Waals surface area (Å²) in [5.41, 5.74) is 0.964. The molecule has 1 heterocycles. The molecule has 22 heavy (non-hydrogen) atoms. The van der Waals surface area contributed by atoms with E-state index in [0.717, 1.165) is 5.56 Å². The highest BCUT2D eigenvalue weighted by Gasteiger charge is 2.15. The van der Waals surface area contributed by atoms with Gasteiger partial charge in [-0.15, -0.1) is 0 Å². The first-order valence-electron chi connectivity index (χ1n) is 6.95. The molecule has 0 bridgehead atoms. The molecule has 1 aromatic carbocycles. The minimum atomic E-state index is -0.779. The highest BCUT2D eigenvalue weighted by atomic mass is 16.3. The van der Waals surface area contributed by atoms with Gasteiger partial charge in [0.25, 0.3) is 0 Å². The largest absolute Gasteiger partial charge is 0.467 e. The zero-order valence-corrected chi connectivity index (χ0v) is 12.0. The van der Waals surface area contributed by atoms with Crippen molar-refractivity contribution in [2.45, 2.75) is 19.1 Å². The molecule has 0 saturated heterocycles. The van der Waals surface area contributed by atoms with Gasteiger partial charge in [-0.2, -0.15) is 0 Å². The standard InChI is InChI=1S/C16H18N2O4/c19-13(9-12-5-2-1-3-6-12)10-17-15(20)16(21)18-11-14-7-4-8-22-14/h1-8,13,19H,9-11H2,(H,17,20)(H,18,21). The van der Waals surface area contributed by atoms with E-state index in [9.17, 15) is 14.7 Å². The SMILES string of the molecule is O=C(NCc1ccco1)C(=O)NCC(O)Cc1ccccc1. The van der Waals surface area contributed by atoms with E-state index in [2.05, 4.69) is 10.6 Å². The molecule has 116 valence electrons. The van der Waals surface area contributed by atoms with Crippen molar-refractivity contribution in [1.29, 1.82) is 0 Å². The summed E-state index contributed by atoms with van der Waals surface area (Å²) in [4.78, 5) is 23.2. The monoisotopic (exact) mass is 302 g/mol. The van der Waals surface area contributed by atoms with Crippen LogP contribution in [0.2, 0.25) is 0 Å². The third-order valence-corrected chi connectivity index (χ3v) is 3.02. The average Bonchev–Trinajstić information content (AvgIpc) is 3.04. The highest BCUT2D eigenvalue weighted by molar-refractivity contribution is 6.35. The van der Waals surface area contributed by atoms with Crippen LogP contribution in [0.1, 0.15) is 11.3 Å². The fraction of sp³-hybridized carbons (Fsp3) is 0.250. The van der Waals surface area contributed by atoms with Crippen LogP contribution >= 0.6 is 0 Å². The number of aliphatic hydroxyl groups is 1. The van der Waals surface area contributed by atoms with Crippen LogP contribution in [0.25, 0.3) is 0 Å². The molecule has 0 aliphatic heterocycles. The molecule has 0 aliphatic carbocycles. The lowest BCUT2D eigenvalue weighted by molar-refractivity contribution is -0.139. The molecule has 0 fully saturated rings. The number of hydrogen-bond donors (Lipinski definition) is 3. The Morgan fingerprint density at radius 2 is 1.77 bits per heavy atom. The van der Waals surface area contributed by atoms with Crippen molar-refractivity contribution in [3.8, 4) is 0 Å². The molecule has 3 N–H and O–H groups in total. The molecule has 6 nitrogen and oxygen atoms in total. The Morgan fingerprint density at radius 1 is 1.05 bits per heavy atom. The minimum absolute atomic E-state index is 0.0158. The quantitative estimate of drug-likeness (QED) is 0.682. The van der Waals surface area contributed by atoms with E-state index in [1.54, 1.807) is 12.1 Å². The fourth-order valence-corrected chi connectivity index (χ4v) is 1.91. The molecular formula is C16H18N2O4. The van der Waals surface area contributed by atoms with Crippen molar-refractivity contribution in [1.82, 2.24) is 10.6 Å². The molecule has 0 spiro atoms. The van der Waals surface area contributed by atoms with E-state index >= 15 is 0 Å². The Hall–Kier alpha value is -2.60. The van der Waals surface area contributed by atoms with E-state index in [1.807, 2.05) is 30.3 Å². The minimum Gasteiger partial charge on any atom is -0.467 e. The van der Waals surface area contributed by atoms with Crippen LogP contribution in [0.15, 0.2) is 53.1 Å². The number of benzene rings is 1. The maximum absolute atomic E-state index is 11.6. The van der Waals surface area contributed by atoms with Gasteiger partial charge in [0.1, 0.15) is 5.76 Å². The van der Waals surface area contributed by atoms with Crippen LogP contribution in [-0.2, 0) is 22.6 Å². The van der Waals surface area contributed by atoms with E-state index in [0.29, 0.717) is 12.2 Å². The Labute approximate surface area is 128 Å². The summed E-state index contributed by atoms with van der Waals surface area (Å²) < 4.78 is 5.04. The van der Waals surface area contributed by atoms with Crippen molar-refractivity contribution in [2.24, 2.45) is 0 Å². The first-order valence-corrected chi connectivity index (χ1v) is 6.95. The summed E-state index contributed by atoms with van der Waals surface area (Å²) in [5, 5.41) is 14.7. The van der Waals surface area contributed by atoms with Crippen molar-refractivity contribution in [3.05, 3.63) is 60.1 Å². The van der Waals surface area contributed by atoms with Gasteiger partial charge in [-0.25, -0.2) is 0 Å². The van der Waals surface area contributed by atoms with Gasteiger partial charge >= 0.3 is 11.8 Å². The van der Waals surface area contributed by atoms with Gasteiger partial charge in [-0.3, -0.25) is 9.59 Å².